The molecule has 17 nitrogen and oxygen atoms in total. The van der Waals surface area contributed by atoms with Gasteiger partial charge in [0.1, 0.15) is 18.7 Å². The van der Waals surface area contributed by atoms with Crippen molar-refractivity contribution in [1.29, 1.82) is 0 Å². The van der Waals surface area contributed by atoms with Gasteiger partial charge in [-0.2, -0.15) is 8.42 Å². The average Bonchev–Trinajstić information content (AvgIpc) is 2.88. The Bertz CT molecular complexity index is 1390. The van der Waals surface area contributed by atoms with E-state index in [2.05, 4.69) is 5.32 Å². The summed E-state index contributed by atoms with van der Waals surface area (Å²) in [6.07, 6.45) is -2.61. The molecule has 39 heavy (non-hydrogen) atoms. The van der Waals surface area contributed by atoms with Gasteiger partial charge in [0, 0.05) is 0 Å². The Morgan fingerprint density at radius 3 is 2.36 bits per heavy atom. The first-order valence-electron chi connectivity index (χ1n) is 10.8. The van der Waals surface area contributed by atoms with Crippen LogP contribution in [-0.4, -0.2) is 71.3 Å². The van der Waals surface area contributed by atoms with Crippen molar-refractivity contribution >= 4 is 40.2 Å². The minimum absolute atomic E-state index is 0.0918. The number of rotatable bonds is 9. The molecular formula is C21H22N6O11S. The van der Waals surface area contributed by atoms with Gasteiger partial charge in [0.05, 0.1) is 6.54 Å². The van der Waals surface area contributed by atoms with Crippen LogP contribution in [0.15, 0.2) is 48.5 Å². The second kappa shape index (κ2) is 12.0. The van der Waals surface area contributed by atoms with Crippen molar-refractivity contribution in [1.82, 2.24) is 30.5 Å². The Morgan fingerprint density at radius 2 is 1.74 bits per heavy atom. The first-order chi connectivity index (χ1) is 18.4. The fraction of sp³-hybridized carbons (Fsp3) is 0.190. The highest BCUT2D eigenvalue weighted by molar-refractivity contribution is 7.88. The Morgan fingerprint density at radius 1 is 1.05 bits per heavy atom. The van der Waals surface area contributed by atoms with Crippen molar-refractivity contribution in [2.45, 2.75) is 18.7 Å². The maximum absolute atomic E-state index is 12.8. The number of phenolic OH excluding ortho intramolecular Hbond substituents is 2. The van der Waals surface area contributed by atoms with Crippen molar-refractivity contribution in [3.8, 4) is 11.5 Å². The number of carboxylic acid groups (broad SMARTS) is 1. The van der Waals surface area contributed by atoms with E-state index in [1.165, 1.54) is 4.72 Å². The lowest BCUT2D eigenvalue weighted by Crippen LogP contribution is -2.68. The van der Waals surface area contributed by atoms with Gasteiger partial charge in [-0.3, -0.25) is 19.9 Å². The number of alkyl carbamates (subject to hydrolysis) is 1. The monoisotopic (exact) mass is 566 g/mol. The zero-order valence-corrected chi connectivity index (χ0v) is 20.5. The van der Waals surface area contributed by atoms with Crippen LogP contribution in [-0.2, 0) is 31.1 Å². The molecule has 1 fully saturated rings. The largest absolute Gasteiger partial charge is 0.504 e. The van der Waals surface area contributed by atoms with Crippen LogP contribution in [0.4, 0.5) is 14.4 Å². The molecule has 0 aliphatic carbocycles. The summed E-state index contributed by atoms with van der Waals surface area (Å²) >= 11 is 0. The number of carbonyl (C=O) groups excluding carboxylic acids is 4. The molecule has 2 aromatic rings. The van der Waals surface area contributed by atoms with E-state index >= 15 is 0 Å². The molecule has 1 aliphatic rings. The van der Waals surface area contributed by atoms with E-state index < -0.39 is 70.4 Å². The summed E-state index contributed by atoms with van der Waals surface area (Å²) in [4.78, 5) is 61.5. The number of likely N-dealkylation sites (tertiary alicyclic amines) is 1. The Labute approximate surface area is 219 Å². The summed E-state index contributed by atoms with van der Waals surface area (Å²) < 4.78 is 30.9. The van der Waals surface area contributed by atoms with E-state index in [1.807, 2.05) is 5.32 Å². The van der Waals surface area contributed by atoms with E-state index in [-0.39, 0.29) is 12.2 Å². The zero-order valence-electron chi connectivity index (χ0n) is 19.7. The molecule has 8 N–H and O–H groups in total. The number of phenols is 2. The predicted molar refractivity (Wildman–Crippen MR) is 128 cm³/mol. The first kappa shape index (κ1) is 28.5. The second-order valence-electron chi connectivity index (χ2n) is 7.84. The smallest absolute Gasteiger partial charge is 0.408 e. The molecule has 6 amide bonds. The molecule has 1 saturated heterocycles. The normalized spacial score (nSPS) is 15.3. The molecule has 0 saturated carbocycles. The van der Waals surface area contributed by atoms with Crippen molar-refractivity contribution in [2.24, 2.45) is 0 Å². The third kappa shape index (κ3) is 7.69. The van der Waals surface area contributed by atoms with Crippen molar-refractivity contribution in [3.63, 3.8) is 0 Å². The number of hydrogen-bond acceptors (Lipinski definition) is 10. The van der Waals surface area contributed by atoms with E-state index in [4.69, 9.17) is 9.84 Å². The maximum Gasteiger partial charge on any atom is 0.408 e. The Balaban J connectivity index is 1.63. The van der Waals surface area contributed by atoms with Crippen LogP contribution in [0, 0.1) is 0 Å². The first-order valence-corrected chi connectivity index (χ1v) is 12.3. The fourth-order valence-electron chi connectivity index (χ4n) is 3.15. The van der Waals surface area contributed by atoms with Gasteiger partial charge in [-0.15, -0.1) is 4.83 Å². The number of carbonyl (C=O) groups is 5. The quantitative estimate of drug-likeness (QED) is 0.105. The van der Waals surface area contributed by atoms with Gasteiger partial charge in [-0.05, 0) is 23.3 Å². The van der Waals surface area contributed by atoms with Gasteiger partial charge in [0.2, 0.25) is 0 Å². The van der Waals surface area contributed by atoms with Crippen LogP contribution < -0.4 is 25.6 Å². The van der Waals surface area contributed by atoms with Crippen LogP contribution in [0.2, 0.25) is 0 Å². The highest BCUT2D eigenvalue weighted by atomic mass is 32.2. The van der Waals surface area contributed by atoms with Crippen molar-refractivity contribution in [3.05, 3.63) is 59.7 Å². The van der Waals surface area contributed by atoms with Crippen molar-refractivity contribution in [2.75, 3.05) is 6.54 Å². The molecule has 2 atom stereocenters. The van der Waals surface area contributed by atoms with Crippen LogP contribution in [0.25, 0.3) is 0 Å². The van der Waals surface area contributed by atoms with E-state index in [9.17, 15) is 42.6 Å². The Hall–Kier alpha value is -5.10. The molecule has 3 rings (SSSR count). The third-order valence-corrected chi connectivity index (χ3v) is 5.89. The SMILES string of the molecule is O=C(O)N[C@H]1CN(C(=O)NS(=O)(=O)NNC(=O)C(NC(=O)OCc2ccccc2)c2ccc(O)c(O)c2)C1=O. The summed E-state index contributed by atoms with van der Waals surface area (Å²) in [5, 5.41) is 32.0. The maximum atomic E-state index is 12.8. The molecule has 0 spiro atoms. The molecule has 18 heteroatoms. The number of hydrazine groups is 1. The number of ether oxygens (including phenoxy) is 1. The molecular weight excluding hydrogens is 544 g/mol. The highest BCUT2D eigenvalue weighted by Gasteiger charge is 2.43. The number of nitrogens with zero attached hydrogens (tertiary/aromatic N) is 1. The Kier molecular flexibility index (Phi) is 8.73. The summed E-state index contributed by atoms with van der Waals surface area (Å²) in [6, 6.07) is 7.31. The van der Waals surface area contributed by atoms with E-state index in [1.54, 1.807) is 40.6 Å². The zero-order chi connectivity index (χ0) is 28.7. The topological polar surface area (TPSA) is 253 Å². The number of benzene rings is 2. The van der Waals surface area contributed by atoms with Crippen LogP contribution >= 0.6 is 0 Å². The van der Waals surface area contributed by atoms with Gasteiger partial charge in [-0.25, -0.2) is 19.1 Å². The van der Waals surface area contributed by atoms with Gasteiger partial charge in [0.25, 0.3) is 11.8 Å². The summed E-state index contributed by atoms with van der Waals surface area (Å²) in [5.74, 6) is -3.39. The van der Waals surface area contributed by atoms with E-state index in [0.29, 0.717) is 10.5 Å². The van der Waals surface area contributed by atoms with Gasteiger partial charge >= 0.3 is 28.4 Å². The standard InChI is InChI=1S/C21H22N6O11S/c28-14-7-6-12(8-15(14)29)16(23-21(35)38-10-11-4-2-1-3-5-11)17(30)24-26-39(36,37)25-19(32)27-9-13(18(27)31)22-20(33)34/h1-8,13,16,22,26,28-29H,9-10H2,(H,23,35)(H,24,30)(H,25,32)(H,33,34)/t13-,16?/m0/s1. The summed E-state index contributed by atoms with van der Waals surface area (Å²) in [6.45, 7) is -0.598. The molecule has 0 bridgehead atoms. The molecule has 0 aromatic heterocycles. The molecule has 1 unspecified atom stereocenters. The predicted octanol–water partition coefficient (Wildman–Crippen LogP) is -0.881. The third-order valence-electron chi connectivity index (χ3n) is 5.07. The molecule has 1 aliphatic heterocycles. The number of β-lactam (4-membered cyclic amide) rings is 1. The molecule has 1 heterocycles. The van der Waals surface area contributed by atoms with Gasteiger partial charge in [-0.1, -0.05) is 36.4 Å². The van der Waals surface area contributed by atoms with Gasteiger partial charge < -0.3 is 30.7 Å². The number of nitrogens with one attached hydrogen (secondary N) is 5. The number of amides is 6. The molecule has 208 valence electrons. The highest BCUT2D eigenvalue weighted by Crippen LogP contribution is 2.28. The van der Waals surface area contributed by atoms with Gasteiger partial charge in [0.15, 0.2) is 11.5 Å². The van der Waals surface area contributed by atoms with Crippen LogP contribution in [0.1, 0.15) is 17.2 Å². The minimum atomic E-state index is -4.81. The number of aromatic hydroxyl groups is 2. The molecule has 2 aromatic carbocycles. The average molecular weight is 567 g/mol. The lowest BCUT2D eigenvalue weighted by atomic mass is 10.1. The number of hydrogen-bond donors (Lipinski definition) is 8. The summed E-state index contributed by atoms with van der Waals surface area (Å²) in [7, 11) is -4.81. The van der Waals surface area contributed by atoms with Crippen LogP contribution in [0.3, 0.4) is 0 Å². The minimum Gasteiger partial charge on any atom is -0.504 e. The lowest BCUT2D eigenvalue weighted by molar-refractivity contribution is -0.139. The number of imide groups is 1. The number of urea groups is 1. The second-order valence-corrected chi connectivity index (χ2v) is 9.26. The van der Waals surface area contributed by atoms with Crippen LogP contribution in [0.5, 0.6) is 11.5 Å². The van der Waals surface area contributed by atoms with Crippen molar-refractivity contribution < 1.29 is 52.4 Å². The lowest BCUT2D eigenvalue weighted by Gasteiger charge is -2.35. The van der Waals surface area contributed by atoms with E-state index in [0.717, 1.165) is 18.2 Å². The fourth-order valence-corrected chi connectivity index (χ4v) is 3.78. The summed E-state index contributed by atoms with van der Waals surface area (Å²) in [5.41, 5.74) is 2.30. The molecule has 0 radical (unpaired) electrons.